The number of hydrogen-bond acceptors (Lipinski definition) is 5. The van der Waals surface area contributed by atoms with Crippen LogP contribution in [-0.4, -0.2) is 17.8 Å². The fourth-order valence-electron chi connectivity index (χ4n) is 1.54. The summed E-state index contributed by atoms with van der Waals surface area (Å²) in [5.41, 5.74) is 4.87. The molecule has 0 saturated heterocycles. The summed E-state index contributed by atoms with van der Waals surface area (Å²) in [6.45, 7) is 6.91. The summed E-state index contributed by atoms with van der Waals surface area (Å²) in [6.07, 6.45) is 1.76. The van der Waals surface area contributed by atoms with Gasteiger partial charge in [-0.15, -0.1) is 11.3 Å². The van der Waals surface area contributed by atoms with Gasteiger partial charge < -0.3 is 4.74 Å². The molecule has 5 heteroatoms. The molecule has 1 heterocycles. The van der Waals surface area contributed by atoms with Gasteiger partial charge in [0.1, 0.15) is 5.75 Å². The molecule has 0 fully saturated rings. The second-order valence-electron chi connectivity index (χ2n) is 4.91. The molecule has 0 unspecified atom stereocenters. The van der Waals surface area contributed by atoms with Gasteiger partial charge in [-0.25, -0.2) is 4.98 Å². The zero-order valence-corrected chi connectivity index (χ0v) is 12.8. The van der Waals surface area contributed by atoms with Crippen LogP contribution in [-0.2, 0) is 0 Å². The number of rotatable bonds is 6. The molecule has 2 rings (SSSR count). The molecular formula is C15H19N3OS. The summed E-state index contributed by atoms with van der Waals surface area (Å²) in [5, 5.41) is 6.98. The summed E-state index contributed by atoms with van der Waals surface area (Å²) in [7, 11) is 0. The lowest BCUT2D eigenvalue weighted by Crippen LogP contribution is -2.06. The Hall–Kier alpha value is -1.88. The van der Waals surface area contributed by atoms with Gasteiger partial charge in [-0.3, -0.25) is 5.43 Å². The monoisotopic (exact) mass is 289 g/mol. The number of para-hydroxylation sites is 1. The molecule has 0 aliphatic rings. The third-order valence-corrected chi connectivity index (χ3v) is 3.34. The van der Waals surface area contributed by atoms with Crippen LogP contribution in [0.25, 0.3) is 0 Å². The van der Waals surface area contributed by atoms with Crippen molar-refractivity contribution in [3.8, 4) is 5.75 Å². The maximum Gasteiger partial charge on any atom is 0.203 e. The first-order valence-corrected chi connectivity index (χ1v) is 7.46. The minimum Gasteiger partial charge on any atom is -0.493 e. The lowest BCUT2D eigenvalue weighted by atomic mass is 10.2. The minimum absolute atomic E-state index is 0.497. The zero-order valence-electron chi connectivity index (χ0n) is 12.0. The Kier molecular flexibility index (Phi) is 5.12. The van der Waals surface area contributed by atoms with Gasteiger partial charge in [0.25, 0.3) is 0 Å². The molecule has 0 amide bonds. The topological polar surface area (TPSA) is 46.5 Å². The number of hydrazone groups is 1. The van der Waals surface area contributed by atoms with E-state index in [0.717, 1.165) is 22.1 Å². The van der Waals surface area contributed by atoms with Crippen molar-refractivity contribution in [2.24, 2.45) is 11.0 Å². The molecule has 1 aromatic carbocycles. The van der Waals surface area contributed by atoms with Gasteiger partial charge in [-0.05, 0) is 25.0 Å². The van der Waals surface area contributed by atoms with Crippen LogP contribution < -0.4 is 10.2 Å². The van der Waals surface area contributed by atoms with E-state index in [2.05, 4.69) is 29.4 Å². The average Bonchev–Trinajstić information content (AvgIpc) is 2.83. The zero-order chi connectivity index (χ0) is 14.4. The lowest BCUT2D eigenvalue weighted by molar-refractivity contribution is 0.271. The van der Waals surface area contributed by atoms with Gasteiger partial charge in [-0.2, -0.15) is 5.10 Å². The van der Waals surface area contributed by atoms with Crippen LogP contribution in [0, 0.1) is 12.8 Å². The number of aryl methyl sites for hydroxylation is 1. The van der Waals surface area contributed by atoms with Crippen LogP contribution >= 0.6 is 11.3 Å². The molecule has 0 radical (unpaired) electrons. The van der Waals surface area contributed by atoms with Crippen molar-refractivity contribution in [2.75, 3.05) is 12.0 Å². The Morgan fingerprint density at radius 2 is 2.20 bits per heavy atom. The molecule has 0 bridgehead atoms. The Morgan fingerprint density at radius 1 is 1.40 bits per heavy atom. The molecule has 2 aromatic rings. The predicted octanol–water partition coefficient (Wildman–Crippen LogP) is 3.93. The van der Waals surface area contributed by atoms with Crippen LogP contribution in [0.4, 0.5) is 5.13 Å². The van der Waals surface area contributed by atoms with Gasteiger partial charge >= 0.3 is 0 Å². The molecule has 0 atom stereocenters. The smallest absolute Gasteiger partial charge is 0.203 e. The molecule has 0 aliphatic carbocycles. The maximum absolute atomic E-state index is 5.77. The van der Waals surface area contributed by atoms with E-state index in [1.54, 1.807) is 6.21 Å². The minimum atomic E-state index is 0.497. The van der Waals surface area contributed by atoms with Gasteiger partial charge in [0.2, 0.25) is 5.13 Å². The fraction of sp³-hybridized carbons (Fsp3) is 0.333. The first kappa shape index (κ1) is 14.5. The number of ether oxygens (including phenoxy) is 1. The average molecular weight is 289 g/mol. The van der Waals surface area contributed by atoms with E-state index in [1.165, 1.54) is 11.3 Å². The molecule has 20 heavy (non-hydrogen) atoms. The van der Waals surface area contributed by atoms with Crippen LogP contribution in [0.1, 0.15) is 25.1 Å². The second-order valence-corrected chi connectivity index (χ2v) is 5.76. The first-order chi connectivity index (χ1) is 9.65. The number of nitrogens with zero attached hydrogens (tertiary/aromatic N) is 2. The van der Waals surface area contributed by atoms with E-state index in [-0.39, 0.29) is 0 Å². The number of thiazole rings is 1. The summed E-state index contributed by atoms with van der Waals surface area (Å²) < 4.78 is 5.77. The fourth-order valence-corrected chi connectivity index (χ4v) is 2.17. The third kappa shape index (κ3) is 4.35. The Bertz CT molecular complexity index is 578. The molecule has 0 aliphatic heterocycles. The molecule has 1 aromatic heterocycles. The van der Waals surface area contributed by atoms with Crippen LogP contribution in [0.15, 0.2) is 34.7 Å². The molecule has 4 nitrogen and oxygen atoms in total. The van der Waals surface area contributed by atoms with Gasteiger partial charge in [-0.1, -0.05) is 26.0 Å². The number of aromatic nitrogens is 1. The standard InChI is InChI=1S/C15H19N3OS/c1-11(2)9-19-14-7-5-4-6-13(14)8-16-18-15-17-12(3)10-20-15/h4-8,10-11H,9H2,1-3H3,(H,17,18)/b16-8-. The number of nitrogens with one attached hydrogen (secondary N) is 1. The highest BCUT2D eigenvalue weighted by molar-refractivity contribution is 7.13. The van der Waals surface area contributed by atoms with Crippen molar-refractivity contribution in [3.63, 3.8) is 0 Å². The van der Waals surface area contributed by atoms with Crippen LogP contribution in [0.3, 0.4) is 0 Å². The van der Waals surface area contributed by atoms with Gasteiger partial charge in [0.05, 0.1) is 18.5 Å². The van der Waals surface area contributed by atoms with Crippen molar-refractivity contribution in [2.45, 2.75) is 20.8 Å². The van der Waals surface area contributed by atoms with E-state index < -0.39 is 0 Å². The quantitative estimate of drug-likeness (QED) is 0.647. The highest BCUT2D eigenvalue weighted by Gasteiger charge is 2.02. The molecule has 0 spiro atoms. The van der Waals surface area contributed by atoms with E-state index in [1.807, 2.05) is 36.6 Å². The van der Waals surface area contributed by atoms with E-state index >= 15 is 0 Å². The summed E-state index contributed by atoms with van der Waals surface area (Å²) in [6, 6.07) is 7.87. The second kappa shape index (κ2) is 7.05. The summed E-state index contributed by atoms with van der Waals surface area (Å²) in [5.74, 6) is 1.35. The maximum atomic E-state index is 5.77. The van der Waals surface area contributed by atoms with E-state index in [9.17, 15) is 0 Å². The Morgan fingerprint density at radius 3 is 2.90 bits per heavy atom. The molecule has 1 N–H and O–H groups in total. The predicted molar refractivity (Wildman–Crippen MR) is 84.8 cm³/mol. The Balaban J connectivity index is 2.01. The molecule has 106 valence electrons. The largest absolute Gasteiger partial charge is 0.493 e. The van der Waals surface area contributed by atoms with Crippen molar-refractivity contribution in [1.29, 1.82) is 0 Å². The number of benzene rings is 1. The van der Waals surface area contributed by atoms with Crippen molar-refractivity contribution >= 4 is 22.7 Å². The molecule has 0 saturated carbocycles. The summed E-state index contributed by atoms with van der Waals surface area (Å²) >= 11 is 1.54. The van der Waals surface area contributed by atoms with Crippen molar-refractivity contribution in [1.82, 2.24) is 4.98 Å². The SMILES string of the molecule is Cc1csc(N/N=C\c2ccccc2OCC(C)C)n1. The van der Waals surface area contributed by atoms with Gasteiger partial charge in [0.15, 0.2) is 0 Å². The third-order valence-electron chi connectivity index (χ3n) is 2.47. The van der Waals surface area contributed by atoms with Crippen molar-refractivity contribution < 1.29 is 4.74 Å². The van der Waals surface area contributed by atoms with E-state index in [0.29, 0.717) is 12.5 Å². The highest BCUT2D eigenvalue weighted by Crippen LogP contribution is 2.17. The van der Waals surface area contributed by atoms with E-state index in [4.69, 9.17) is 4.74 Å². The highest BCUT2D eigenvalue weighted by atomic mass is 32.1. The van der Waals surface area contributed by atoms with Crippen LogP contribution in [0.5, 0.6) is 5.75 Å². The molecular weight excluding hydrogens is 270 g/mol. The lowest BCUT2D eigenvalue weighted by Gasteiger charge is -2.10. The number of anilines is 1. The first-order valence-electron chi connectivity index (χ1n) is 6.58. The van der Waals surface area contributed by atoms with Gasteiger partial charge in [0, 0.05) is 10.9 Å². The normalized spacial score (nSPS) is 11.2. The van der Waals surface area contributed by atoms with Crippen molar-refractivity contribution in [3.05, 3.63) is 40.9 Å². The summed E-state index contributed by atoms with van der Waals surface area (Å²) in [4.78, 5) is 4.29. The number of hydrogen-bond donors (Lipinski definition) is 1. The Labute approximate surface area is 123 Å². The van der Waals surface area contributed by atoms with Crippen LogP contribution in [0.2, 0.25) is 0 Å².